The fourth-order valence-corrected chi connectivity index (χ4v) is 4.25. The number of hydrogen-bond donors (Lipinski definition) is 3. The Balaban J connectivity index is 1.56. The first kappa shape index (κ1) is 19.4. The number of rotatable bonds is 3. The molecule has 0 spiro atoms. The van der Waals surface area contributed by atoms with E-state index >= 15 is 0 Å². The van der Waals surface area contributed by atoms with Gasteiger partial charge in [0.1, 0.15) is 23.2 Å². The van der Waals surface area contributed by atoms with Crippen molar-refractivity contribution in [2.24, 2.45) is 0 Å². The lowest BCUT2D eigenvalue weighted by Gasteiger charge is -2.33. The third-order valence-electron chi connectivity index (χ3n) is 5.59. The SMILES string of the molecule is O=C1CCCC2=C1[C@@H](c1ccc(O)cc1)n1ncc(C(=O)Nc3ccc(Cl)cc3)c1N2. The fraction of sp³-hybridized carbons (Fsp3) is 0.174. The van der Waals surface area contributed by atoms with Crippen molar-refractivity contribution < 1.29 is 14.7 Å². The molecule has 31 heavy (non-hydrogen) atoms. The lowest BCUT2D eigenvalue weighted by atomic mass is 9.85. The van der Waals surface area contributed by atoms with Crippen molar-refractivity contribution >= 4 is 34.8 Å². The number of ketones is 1. The number of carbonyl (C=O) groups excluding carboxylic acids is 2. The number of aromatic hydroxyl groups is 1. The van der Waals surface area contributed by atoms with Crippen LogP contribution >= 0.6 is 11.6 Å². The molecule has 0 saturated carbocycles. The van der Waals surface area contributed by atoms with E-state index in [0.29, 0.717) is 34.1 Å². The standard InChI is InChI=1S/C23H19ClN4O3/c24-14-6-8-15(9-7-14)26-23(31)17-12-25-28-21(13-4-10-16(29)11-5-13)20-18(27-22(17)28)2-1-3-19(20)30/h4-12,21,27,29H,1-3H2,(H,26,31)/t21-/m1/s1. The van der Waals surface area contributed by atoms with E-state index < -0.39 is 6.04 Å². The smallest absolute Gasteiger partial charge is 0.261 e. The number of phenolic OH excluding ortho intramolecular Hbond substituents is 1. The van der Waals surface area contributed by atoms with Gasteiger partial charge in [0.2, 0.25) is 0 Å². The van der Waals surface area contributed by atoms with Gasteiger partial charge in [-0.15, -0.1) is 0 Å². The molecule has 5 rings (SSSR count). The van der Waals surface area contributed by atoms with Gasteiger partial charge in [0, 0.05) is 28.4 Å². The Morgan fingerprint density at radius 3 is 2.61 bits per heavy atom. The number of amides is 1. The predicted molar refractivity (Wildman–Crippen MR) is 117 cm³/mol. The molecule has 0 unspecified atom stereocenters. The molecule has 1 aromatic heterocycles. The minimum absolute atomic E-state index is 0.0696. The molecule has 0 saturated heterocycles. The number of Topliss-reactive ketones (excluding diaryl/α,β-unsaturated/α-hetero) is 1. The Hall–Kier alpha value is -3.58. The number of phenols is 1. The van der Waals surface area contributed by atoms with Crippen LogP contribution in [0.25, 0.3) is 0 Å². The van der Waals surface area contributed by atoms with Gasteiger partial charge in [-0.25, -0.2) is 4.68 Å². The normalized spacial score (nSPS) is 17.6. The van der Waals surface area contributed by atoms with E-state index in [0.717, 1.165) is 24.1 Å². The third kappa shape index (κ3) is 3.47. The van der Waals surface area contributed by atoms with Gasteiger partial charge in [0.15, 0.2) is 5.78 Å². The van der Waals surface area contributed by atoms with Crippen molar-refractivity contribution in [1.82, 2.24) is 9.78 Å². The number of carbonyl (C=O) groups is 2. The van der Waals surface area contributed by atoms with E-state index in [1.807, 2.05) is 0 Å². The van der Waals surface area contributed by atoms with E-state index in [2.05, 4.69) is 15.7 Å². The molecule has 156 valence electrons. The van der Waals surface area contributed by atoms with Crippen LogP contribution in [-0.2, 0) is 4.79 Å². The van der Waals surface area contributed by atoms with Crippen molar-refractivity contribution in [2.75, 3.05) is 10.6 Å². The molecule has 0 bridgehead atoms. The predicted octanol–water partition coefficient (Wildman–Crippen LogP) is 4.52. The number of halogens is 1. The van der Waals surface area contributed by atoms with Crippen molar-refractivity contribution in [3.05, 3.63) is 82.1 Å². The zero-order valence-corrected chi connectivity index (χ0v) is 17.2. The Morgan fingerprint density at radius 2 is 1.87 bits per heavy atom. The Labute approximate surface area is 183 Å². The summed E-state index contributed by atoms with van der Waals surface area (Å²) in [5, 5.41) is 20.9. The second-order valence-electron chi connectivity index (χ2n) is 7.60. The van der Waals surface area contributed by atoms with Gasteiger partial charge in [-0.05, 0) is 54.8 Å². The van der Waals surface area contributed by atoms with Gasteiger partial charge in [-0.3, -0.25) is 9.59 Å². The highest BCUT2D eigenvalue weighted by Crippen LogP contribution is 2.41. The van der Waals surface area contributed by atoms with E-state index in [-0.39, 0.29) is 17.4 Å². The zero-order valence-electron chi connectivity index (χ0n) is 16.4. The Bertz CT molecular complexity index is 1210. The van der Waals surface area contributed by atoms with Crippen LogP contribution in [0.15, 0.2) is 66.0 Å². The molecule has 0 fully saturated rings. The largest absolute Gasteiger partial charge is 0.508 e. The highest BCUT2D eigenvalue weighted by molar-refractivity contribution is 6.30. The zero-order chi connectivity index (χ0) is 21.5. The van der Waals surface area contributed by atoms with Crippen molar-refractivity contribution in [3.63, 3.8) is 0 Å². The molecule has 1 aliphatic carbocycles. The number of allylic oxidation sites excluding steroid dienone is 2. The maximum Gasteiger partial charge on any atom is 0.261 e. The lowest BCUT2D eigenvalue weighted by molar-refractivity contribution is -0.116. The van der Waals surface area contributed by atoms with Crippen LogP contribution in [0.1, 0.15) is 41.2 Å². The molecule has 2 aliphatic rings. The molecular weight excluding hydrogens is 416 g/mol. The van der Waals surface area contributed by atoms with Crippen LogP contribution in [0, 0.1) is 0 Å². The summed E-state index contributed by atoms with van der Waals surface area (Å²) < 4.78 is 1.67. The lowest BCUT2D eigenvalue weighted by Crippen LogP contribution is -2.32. The summed E-state index contributed by atoms with van der Waals surface area (Å²) in [6.45, 7) is 0. The molecule has 8 heteroatoms. The highest BCUT2D eigenvalue weighted by atomic mass is 35.5. The molecule has 2 heterocycles. The van der Waals surface area contributed by atoms with Crippen LogP contribution in [0.4, 0.5) is 11.5 Å². The number of benzene rings is 2. The minimum Gasteiger partial charge on any atom is -0.508 e. The van der Waals surface area contributed by atoms with Crippen LogP contribution in [0.5, 0.6) is 5.75 Å². The second-order valence-corrected chi connectivity index (χ2v) is 8.04. The van der Waals surface area contributed by atoms with Gasteiger partial charge in [0.05, 0.1) is 6.20 Å². The van der Waals surface area contributed by atoms with E-state index in [4.69, 9.17) is 11.6 Å². The Kier molecular flexibility index (Phi) is 4.75. The number of anilines is 2. The first-order chi connectivity index (χ1) is 15.0. The van der Waals surface area contributed by atoms with Crippen LogP contribution in [0.3, 0.4) is 0 Å². The Morgan fingerprint density at radius 1 is 1.13 bits per heavy atom. The van der Waals surface area contributed by atoms with Gasteiger partial charge in [-0.1, -0.05) is 23.7 Å². The minimum atomic E-state index is -0.461. The molecule has 3 aromatic rings. The number of hydrogen-bond acceptors (Lipinski definition) is 5. The number of fused-ring (bicyclic) bond motifs is 1. The number of aromatic nitrogens is 2. The van der Waals surface area contributed by atoms with Gasteiger partial charge in [0.25, 0.3) is 5.91 Å². The molecular formula is C23H19ClN4O3. The maximum absolute atomic E-state index is 13.0. The number of nitrogens with one attached hydrogen (secondary N) is 2. The summed E-state index contributed by atoms with van der Waals surface area (Å²) in [6, 6.07) is 13.1. The third-order valence-corrected chi connectivity index (χ3v) is 5.85. The molecule has 3 N–H and O–H groups in total. The van der Waals surface area contributed by atoms with E-state index in [9.17, 15) is 14.7 Å². The van der Waals surface area contributed by atoms with Gasteiger partial charge >= 0.3 is 0 Å². The first-order valence-electron chi connectivity index (χ1n) is 9.98. The summed E-state index contributed by atoms with van der Waals surface area (Å²) in [6.07, 6.45) is 3.46. The molecule has 1 atom stereocenters. The average molecular weight is 435 g/mol. The summed E-state index contributed by atoms with van der Waals surface area (Å²) in [7, 11) is 0. The molecule has 0 radical (unpaired) electrons. The fourth-order valence-electron chi connectivity index (χ4n) is 4.12. The van der Waals surface area contributed by atoms with Crippen molar-refractivity contribution in [3.8, 4) is 5.75 Å². The van der Waals surface area contributed by atoms with E-state index in [1.54, 1.807) is 53.2 Å². The van der Waals surface area contributed by atoms with Crippen LogP contribution < -0.4 is 10.6 Å². The van der Waals surface area contributed by atoms with Gasteiger partial charge in [-0.2, -0.15) is 5.10 Å². The van der Waals surface area contributed by atoms with E-state index in [1.165, 1.54) is 6.20 Å². The average Bonchev–Trinajstić information content (AvgIpc) is 3.18. The topological polar surface area (TPSA) is 96.2 Å². The molecule has 7 nitrogen and oxygen atoms in total. The summed E-state index contributed by atoms with van der Waals surface area (Å²) in [4.78, 5) is 25.8. The monoisotopic (exact) mass is 434 g/mol. The highest BCUT2D eigenvalue weighted by Gasteiger charge is 2.37. The van der Waals surface area contributed by atoms with Crippen LogP contribution in [-0.4, -0.2) is 26.6 Å². The summed E-state index contributed by atoms with van der Waals surface area (Å²) >= 11 is 5.92. The number of nitrogens with zero attached hydrogens (tertiary/aromatic N) is 2. The van der Waals surface area contributed by atoms with Gasteiger partial charge < -0.3 is 15.7 Å². The quantitative estimate of drug-likeness (QED) is 0.563. The van der Waals surface area contributed by atoms with Crippen LogP contribution in [0.2, 0.25) is 5.02 Å². The second kappa shape index (κ2) is 7.59. The van der Waals surface area contributed by atoms with Crippen molar-refractivity contribution in [1.29, 1.82) is 0 Å². The maximum atomic E-state index is 13.0. The summed E-state index contributed by atoms with van der Waals surface area (Å²) in [5.74, 6) is 0.440. The van der Waals surface area contributed by atoms with Crippen molar-refractivity contribution in [2.45, 2.75) is 25.3 Å². The molecule has 1 aliphatic heterocycles. The summed E-state index contributed by atoms with van der Waals surface area (Å²) in [5.41, 5.74) is 3.30. The first-order valence-corrected chi connectivity index (χ1v) is 10.4. The molecule has 2 aromatic carbocycles. The molecule has 1 amide bonds.